The Morgan fingerprint density at radius 2 is 1.65 bits per heavy atom. The van der Waals surface area contributed by atoms with E-state index < -0.39 is 0 Å². The van der Waals surface area contributed by atoms with Gasteiger partial charge in [0.2, 0.25) is 5.95 Å². The zero-order valence-electron chi connectivity index (χ0n) is 14.6. The van der Waals surface area contributed by atoms with Crippen molar-refractivity contribution in [3.05, 3.63) is 72.8 Å². The molecule has 5 heteroatoms. The van der Waals surface area contributed by atoms with Gasteiger partial charge >= 0.3 is 0 Å². The van der Waals surface area contributed by atoms with Crippen LogP contribution in [0.1, 0.15) is 18.4 Å². The number of fused-ring (bicyclic) bond motifs is 2. The maximum absolute atomic E-state index is 4.42. The average molecular weight is 343 g/mol. The number of anilines is 3. The SMILES string of the molecule is c1cnc(N2CCC3(CC2)CN(c2cccnc2)c2ccccc23)nc1. The van der Waals surface area contributed by atoms with Crippen molar-refractivity contribution in [2.75, 3.05) is 29.4 Å². The minimum atomic E-state index is 0.192. The molecule has 5 nitrogen and oxygen atoms in total. The van der Waals surface area contributed by atoms with Gasteiger partial charge in [-0.05, 0) is 42.7 Å². The standard InChI is InChI=1S/C21H21N5/c1-2-7-19-18(6-1)21(16-26(19)17-5-3-10-22-15-17)8-13-25(14-9-21)20-23-11-4-12-24-20/h1-7,10-12,15H,8-9,13-14,16H2. The van der Waals surface area contributed by atoms with Crippen LogP contribution in [-0.4, -0.2) is 34.6 Å². The molecule has 1 saturated heterocycles. The van der Waals surface area contributed by atoms with E-state index in [1.54, 1.807) is 0 Å². The van der Waals surface area contributed by atoms with Crippen LogP contribution in [-0.2, 0) is 5.41 Å². The van der Waals surface area contributed by atoms with E-state index in [0.29, 0.717) is 0 Å². The summed E-state index contributed by atoms with van der Waals surface area (Å²) in [4.78, 5) is 17.9. The normalized spacial score (nSPS) is 18.2. The lowest BCUT2D eigenvalue weighted by molar-refractivity contribution is 0.353. The van der Waals surface area contributed by atoms with Crippen LogP contribution in [0.15, 0.2) is 67.3 Å². The zero-order chi connectivity index (χ0) is 17.4. The number of aromatic nitrogens is 3. The molecule has 3 aromatic rings. The smallest absolute Gasteiger partial charge is 0.225 e. The van der Waals surface area contributed by atoms with Gasteiger partial charge < -0.3 is 9.80 Å². The average Bonchev–Trinajstić information content (AvgIpc) is 3.04. The molecule has 1 aromatic carbocycles. The van der Waals surface area contributed by atoms with E-state index in [1.165, 1.54) is 16.9 Å². The number of para-hydroxylation sites is 1. The third-order valence-corrected chi connectivity index (χ3v) is 5.74. The fraction of sp³-hybridized carbons (Fsp3) is 0.286. The summed E-state index contributed by atoms with van der Waals surface area (Å²) in [5.74, 6) is 0.845. The second-order valence-electron chi connectivity index (χ2n) is 7.13. The summed E-state index contributed by atoms with van der Waals surface area (Å²) in [6.45, 7) is 2.99. The molecule has 0 saturated carbocycles. The Morgan fingerprint density at radius 1 is 0.846 bits per heavy atom. The first-order valence-electron chi connectivity index (χ1n) is 9.15. The number of piperidine rings is 1. The topological polar surface area (TPSA) is 45.2 Å². The number of hydrogen-bond acceptors (Lipinski definition) is 5. The highest BCUT2D eigenvalue weighted by molar-refractivity contribution is 5.72. The van der Waals surface area contributed by atoms with Gasteiger partial charge in [-0.3, -0.25) is 4.98 Å². The van der Waals surface area contributed by atoms with Gasteiger partial charge in [-0.2, -0.15) is 0 Å². The molecule has 2 aliphatic rings. The molecule has 4 heterocycles. The predicted molar refractivity (Wildman–Crippen MR) is 103 cm³/mol. The zero-order valence-corrected chi connectivity index (χ0v) is 14.6. The molecule has 0 N–H and O–H groups in total. The minimum Gasteiger partial charge on any atom is -0.341 e. The molecule has 0 amide bonds. The van der Waals surface area contributed by atoms with Crippen LogP contribution < -0.4 is 9.80 Å². The Balaban J connectivity index is 1.45. The number of hydrogen-bond donors (Lipinski definition) is 0. The van der Waals surface area contributed by atoms with Crippen molar-refractivity contribution >= 4 is 17.3 Å². The first-order valence-corrected chi connectivity index (χ1v) is 9.15. The number of benzene rings is 1. The van der Waals surface area contributed by atoms with Crippen LogP contribution in [0.2, 0.25) is 0 Å². The highest BCUT2D eigenvalue weighted by Gasteiger charge is 2.45. The minimum absolute atomic E-state index is 0.192. The molecule has 26 heavy (non-hydrogen) atoms. The molecule has 5 rings (SSSR count). The van der Waals surface area contributed by atoms with E-state index in [4.69, 9.17) is 0 Å². The second-order valence-corrected chi connectivity index (χ2v) is 7.13. The largest absolute Gasteiger partial charge is 0.341 e. The van der Waals surface area contributed by atoms with Crippen molar-refractivity contribution < 1.29 is 0 Å². The molecular weight excluding hydrogens is 322 g/mol. The van der Waals surface area contributed by atoms with Crippen molar-refractivity contribution in [2.24, 2.45) is 0 Å². The summed E-state index contributed by atoms with van der Waals surface area (Å²) in [5, 5.41) is 0. The third kappa shape index (κ3) is 2.43. The lowest BCUT2D eigenvalue weighted by atomic mass is 9.74. The monoisotopic (exact) mass is 343 g/mol. The molecule has 0 radical (unpaired) electrons. The number of rotatable bonds is 2. The van der Waals surface area contributed by atoms with Crippen LogP contribution in [0, 0.1) is 0 Å². The molecule has 1 fully saturated rings. The van der Waals surface area contributed by atoms with Crippen LogP contribution in [0.3, 0.4) is 0 Å². The maximum atomic E-state index is 4.42. The molecular formula is C21H21N5. The number of nitrogens with zero attached hydrogens (tertiary/aromatic N) is 5. The van der Waals surface area contributed by atoms with E-state index in [-0.39, 0.29) is 5.41 Å². The van der Waals surface area contributed by atoms with Crippen LogP contribution in [0.5, 0.6) is 0 Å². The summed E-state index contributed by atoms with van der Waals surface area (Å²) in [6, 6.07) is 14.9. The van der Waals surface area contributed by atoms with E-state index in [2.05, 4.69) is 55.1 Å². The Bertz CT molecular complexity index is 889. The van der Waals surface area contributed by atoms with Crippen molar-refractivity contribution in [1.29, 1.82) is 0 Å². The van der Waals surface area contributed by atoms with Gasteiger partial charge in [0, 0.05) is 49.3 Å². The van der Waals surface area contributed by atoms with Gasteiger partial charge in [0.25, 0.3) is 0 Å². The molecule has 0 atom stereocenters. The first kappa shape index (κ1) is 15.3. The van der Waals surface area contributed by atoms with Crippen LogP contribution in [0.25, 0.3) is 0 Å². The Hall–Kier alpha value is -2.95. The maximum Gasteiger partial charge on any atom is 0.225 e. The van der Waals surface area contributed by atoms with E-state index in [1.807, 2.05) is 36.9 Å². The first-order chi connectivity index (χ1) is 12.9. The third-order valence-electron chi connectivity index (χ3n) is 5.74. The van der Waals surface area contributed by atoms with Gasteiger partial charge in [-0.25, -0.2) is 9.97 Å². The van der Waals surface area contributed by atoms with Gasteiger partial charge in [0.15, 0.2) is 0 Å². The fourth-order valence-corrected chi connectivity index (χ4v) is 4.39. The van der Waals surface area contributed by atoms with E-state index in [0.717, 1.165) is 38.4 Å². The molecule has 0 unspecified atom stereocenters. The fourth-order valence-electron chi connectivity index (χ4n) is 4.39. The van der Waals surface area contributed by atoms with Crippen molar-refractivity contribution in [1.82, 2.24) is 15.0 Å². The van der Waals surface area contributed by atoms with Gasteiger partial charge in [-0.15, -0.1) is 0 Å². The van der Waals surface area contributed by atoms with E-state index in [9.17, 15) is 0 Å². The lowest BCUT2D eigenvalue weighted by Gasteiger charge is -2.40. The summed E-state index contributed by atoms with van der Waals surface area (Å²) in [6.07, 6.45) is 9.66. The summed E-state index contributed by atoms with van der Waals surface area (Å²) in [7, 11) is 0. The Kier molecular flexibility index (Phi) is 3.59. The van der Waals surface area contributed by atoms with Gasteiger partial charge in [0.05, 0.1) is 11.9 Å². The molecule has 0 aliphatic carbocycles. The van der Waals surface area contributed by atoms with Gasteiger partial charge in [-0.1, -0.05) is 18.2 Å². The Morgan fingerprint density at radius 3 is 2.42 bits per heavy atom. The molecule has 1 spiro atoms. The van der Waals surface area contributed by atoms with Crippen molar-refractivity contribution in [3.8, 4) is 0 Å². The van der Waals surface area contributed by atoms with Crippen LogP contribution >= 0.6 is 0 Å². The van der Waals surface area contributed by atoms with Crippen molar-refractivity contribution in [2.45, 2.75) is 18.3 Å². The van der Waals surface area contributed by atoms with Crippen LogP contribution in [0.4, 0.5) is 17.3 Å². The van der Waals surface area contributed by atoms with E-state index >= 15 is 0 Å². The molecule has 130 valence electrons. The highest BCUT2D eigenvalue weighted by atomic mass is 15.3. The predicted octanol–water partition coefficient (Wildman–Crippen LogP) is 3.56. The van der Waals surface area contributed by atoms with Crippen molar-refractivity contribution in [3.63, 3.8) is 0 Å². The molecule has 2 aromatic heterocycles. The molecule has 2 aliphatic heterocycles. The van der Waals surface area contributed by atoms with Gasteiger partial charge in [0.1, 0.15) is 0 Å². The lowest BCUT2D eigenvalue weighted by Crippen LogP contribution is -2.45. The number of pyridine rings is 1. The Labute approximate surface area is 153 Å². The quantitative estimate of drug-likeness (QED) is 0.712. The second kappa shape index (κ2) is 6.09. The molecule has 0 bridgehead atoms. The summed E-state index contributed by atoms with van der Waals surface area (Å²) >= 11 is 0. The summed E-state index contributed by atoms with van der Waals surface area (Å²) in [5.41, 5.74) is 4.16. The summed E-state index contributed by atoms with van der Waals surface area (Å²) < 4.78 is 0. The highest BCUT2D eigenvalue weighted by Crippen LogP contribution is 2.49.